The third-order valence-electron chi connectivity index (χ3n) is 1.88. The Balaban J connectivity index is 4.61. The zero-order valence-corrected chi connectivity index (χ0v) is 10.0. The molecule has 0 radical (unpaired) electrons. The Labute approximate surface area is 85.9 Å². The van der Waals surface area contributed by atoms with Crippen molar-refractivity contribution in [3.05, 3.63) is 0 Å². The van der Waals surface area contributed by atoms with Crippen molar-refractivity contribution in [3.63, 3.8) is 0 Å². The van der Waals surface area contributed by atoms with Crippen molar-refractivity contribution in [1.82, 2.24) is 4.31 Å². The lowest BCUT2D eigenvalue weighted by molar-refractivity contribution is 0.0638. The highest BCUT2D eigenvalue weighted by atomic mass is 32.2. The number of nitrogens with zero attached hydrogens (tertiary/aromatic N) is 1. The van der Waals surface area contributed by atoms with Crippen molar-refractivity contribution >= 4 is 10.0 Å². The lowest BCUT2D eigenvalue weighted by Crippen LogP contribution is -2.44. The van der Waals surface area contributed by atoms with Gasteiger partial charge >= 0.3 is 0 Å². The standard InChI is InChI=1S/C8H20N2O3S/c1-7(5-9)14(12,13)10(4)6-8(2,3)11/h7,11H,5-6,9H2,1-4H3. The molecule has 1 unspecified atom stereocenters. The predicted octanol–water partition coefficient (Wildman–Crippen LogP) is -0.634. The van der Waals surface area contributed by atoms with Gasteiger partial charge in [0.2, 0.25) is 10.0 Å². The third kappa shape index (κ3) is 3.91. The first-order chi connectivity index (χ1) is 6.11. The van der Waals surface area contributed by atoms with Gasteiger partial charge in [0, 0.05) is 20.1 Å². The van der Waals surface area contributed by atoms with Crippen LogP contribution in [0.4, 0.5) is 0 Å². The number of likely N-dealkylation sites (N-methyl/N-ethyl adjacent to an activating group) is 1. The molecule has 3 N–H and O–H groups in total. The first-order valence-corrected chi connectivity index (χ1v) is 5.99. The van der Waals surface area contributed by atoms with Gasteiger partial charge in [0.1, 0.15) is 0 Å². The normalized spacial score (nSPS) is 15.9. The number of hydrogen-bond donors (Lipinski definition) is 2. The van der Waals surface area contributed by atoms with Gasteiger partial charge in [-0.15, -0.1) is 0 Å². The van der Waals surface area contributed by atoms with E-state index in [1.54, 1.807) is 20.8 Å². The Morgan fingerprint density at radius 1 is 1.50 bits per heavy atom. The number of hydrogen-bond acceptors (Lipinski definition) is 4. The van der Waals surface area contributed by atoms with E-state index in [9.17, 15) is 13.5 Å². The molecule has 0 aliphatic heterocycles. The molecule has 5 nitrogen and oxygen atoms in total. The van der Waals surface area contributed by atoms with E-state index in [0.29, 0.717) is 0 Å². The van der Waals surface area contributed by atoms with E-state index >= 15 is 0 Å². The fraction of sp³-hybridized carbons (Fsp3) is 1.00. The molecule has 86 valence electrons. The van der Waals surface area contributed by atoms with Crippen LogP contribution < -0.4 is 5.73 Å². The molecular formula is C8H20N2O3S. The molecule has 6 heteroatoms. The molecule has 1 atom stereocenters. The fourth-order valence-electron chi connectivity index (χ4n) is 1.06. The Kier molecular flexibility index (Phi) is 4.51. The topological polar surface area (TPSA) is 83.6 Å². The first-order valence-electron chi connectivity index (χ1n) is 4.49. The second kappa shape index (κ2) is 4.57. The third-order valence-corrected chi connectivity index (χ3v) is 4.09. The van der Waals surface area contributed by atoms with E-state index in [2.05, 4.69) is 0 Å². The monoisotopic (exact) mass is 224 g/mol. The molecule has 0 aromatic carbocycles. The van der Waals surface area contributed by atoms with Crippen LogP contribution in [0.2, 0.25) is 0 Å². The summed E-state index contributed by atoms with van der Waals surface area (Å²) in [6.07, 6.45) is 0. The summed E-state index contributed by atoms with van der Waals surface area (Å²) in [7, 11) is -1.93. The van der Waals surface area contributed by atoms with Crippen LogP contribution in [0.3, 0.4) is 0 Å². The highest BCUT2D eigenvalue weighted by Gasteiger charge is 2.28. The van der Waals surface area contributed by atoms with Crippen molar-refractivity contribution < 1.29 is 13.5 Å². The van der Waals surface area contributed by atoms with Crippen LogP contribution in [0.1, 0.15) is 20.8 Å². The molecule has 0 amide bonds. The van der Waals surface area contributed by atoms with Gasteiger partial charge in [-0.2, -0.15) is 0 Å². The Morgan fingerprint density at radius 2 is 1.93 bits per heavy atom. The molecule has 0 aliphatic rings. The van der Waals surface area contributed by atoms with Gasteiger partial charge < -0.3 is 10.8 Å². The maximum absolute atomic E-state index is 11.7. The van der Waals surface area contributed by atoms with Crippen LogP contribution in [-0.4, -0.2) is 48.8 Å². The second-order valence-corrected chi connectivity index (χ2v) is 6.62. The minimum absolute atomic E-state index is 0.0691. The second-order valence-electron chi connectivity index (χ2n) is 4.16. The molecule has 14 heavy (non-hydrogen) atoms. The van der Waals surface area contributed by atoms with Crippen LogP contribution in [0.15, 0.2) is 0 Å². The molecule has 0 saturated carbocycles. The largest absolute Gasteiger partial charge is 0.389 e. The minimum Gasteiger partial charge on any atom is -0.389 e. The number of aliphatic hydroxyl groups is 1. The Hall–Kier alpha value is -0.170. The SMILES string of the molecule is CC(CN)S(=O)(=O)N(C)CC(C)(C)O. The molecule has 0 aliphatic carbocycles. The summed E-state index contributed by atoms with van der Waals surface area (Å²) in [5.74, 6) is 0. The summed E-state index contributed by atoms with van der Waals surface area (Å²) in [4.78, 5) is 0. The predicted molar refractivity (Wildman–Crippen MR) is 56.4 cm³/mol. The molecule has 0 aromatic rings. The maximum Gasteiger partial charge on any atom is 0.217 e. The van der Waals surface area contributed by atoms with Crippen LogP contribution in [0.25, 0.3) is 0 Å². The van der Waals surface area contributed by atoms with Gasteiger partial charge in [0.25, 0.3) is 0 Å². The van der Waals surface area contributed by atoms with E-state index in [0.717, 1.165) is 4.31 Å². The van der Waals surface area contributed by atoms with Crippen molar-refractivity contribution in [2.75, 3.05) is 20.1 Å². The van der Waals surface area contributed by atoms with Gasteiger partial charge in [-0.25, -0.2) is 12.7 Å². The summed E-state index contributed by atoms with van der Waals surface area (Å²) in [5.41, 5.74) is 4.26. The Bertz CT molecular complexity index is 269. The van der Waals surface area contributed by atoms with Crippen LogP contribution in [-0.2, 0) is 10.0 Å². The van der Waals surface area contributed by atoms with E-state index in [1.807, 2.05) is 0 Å². The Morgan fingerprint density at radius 3 is 2.21 bits per heavy atom. The fourth-order valence-corrected chi connectivity index (χ4v) is 2.42. The molecule has 0 aromatic heterocycles. The first kappa shape index (κ1) is 13.8. The van der Waals surface area contributed by atoms with Crippen molar-refractivity contribution in [3.8, 4) is 0 Å². The van der Waals surface area contributed by atoms with Gasteiger partial charge in [0.05, 0.1) is 10.9 Å². The average molecular weight is 224 g/mol. The molecule has 0 rings (SSSR count). The summed E-state index contributed by atoms with van der Waals surface area (Å²) in [6.45, 7) is 4.83. The quantitative estimate of drug-likeness (QED) is 0.651. The van der Waals surface area contributed by atoms with Crippen LogP contribution >= 0.6 is 0 Å². The summed E-state index contributed by atoms with van der Waals surface area (Å²) in [5, 5.41) is 8.85. The van der Waals surface area contributed by atoms with E-state index < -0.39 is 20.9 Å². The smallest absolute Gasteiger partial charge is 0.217 e. The van der Waals surface area contributed by atoms with Gasteiger partial charge in [-0.1, -0.05) is 0 Å². The van der Waals surface area contributed by atoms with E-state index in [-0.39, 0.29) is 13.1 Å². The van der Waals surface area contributed by atoms with Crippen molar-refractivity contribution in [2.45, 2.75) is 31.6 Å². The van der Waals surface area contributed by atoms with Crippen LogP contribution in [0, 0.1) is 0 Å². The van der Waals surface area contributed by atoms with Gasteiger partial charge in [-0.3, -0.25) is 0 Å². The van der Waals surface area contributed by atoms with Gasteiger partial charge in [-0.05, 0) is 20.8 Å². The lowest BCUT2D eigenvalue weighted by atomic mass is 10.1. The highest BCUT2D eigenvalue weighted by molar-refractivity contribution is 7.89. The molecule has 0 spiro atoms. The van der Waals surface area contributed by atoms with Gasteiger partial charge in [0.15, 0.2) is 0 Å². The lowest BCUT2D eigenvalue weighted by Gasteiger charge is -2.27. The summed E-state index contributed by atoms with van der Waals surface area (Å²) < 4.78 is 24.5. The zero-order chi connectivity index (χ0) is 11.6. The van der Waals surface area contributed by atoms with E-state index in [4.69, 9.17) is 5.73 Å². The molecule has 0 saturated heterocycles. The maximum atomic E-state index is 11.7. The average Bonchev–Trinajstić information content (AvgIpc) is 1.99. The number of rotatable bonds is 5. The number of sulfonamides is 1. The van der Waals surface area contributed by atoms with Crippen molar-refractivity contribution in [1.29, 1.82) is 0 Å². The summed E-state index contributed by atoms with van der Waals surface area (Å²) >= 11 is 0. The molecular weight excluding hydrogens is 204 g/mol. The van der Waals surface area contributed by atoms with Crippen LogP contribution in [0.5, 0.6) is 0 Å². The highest BCUT2D eigenvalue weighted by Crippen LogP contribution is 2.10. The zero-order valence-electron chi connectivity index (χ0n) is 9.19. The van der Waals surface area contributed by atoms with E-state index in [1.165, 1.54) is 7.05 Å². The molecule has 0 heterocycles. The molecule has 0 fully saturated rings. The minimum atomic E-state index is -3.37. The number of nitrogens with two attached hydrogens (primary N) is 1. The van der Waals surface area contributed by atoms with Crippen molar-refractivity contribution in [2.24, 2.45) is 5.73 Å². The summed E-state index contributed by atoms with van der Waals surface area (Å²) in [6, 6.07) is 0. The molecule has 0 bridgehead atoms.